The Hall–Kier alpha value is -2.17. The van der Waals surface area contributed by atoms with Crippen molar-refractivity contribution in [3.05, 3.63) is 47.6 Å². The Bertz CT molecular complexity index is 616. The Kier molecular flexibility index (Phi) is 5.40. The summed E-state index contributed by atoms with van der Waals surface area (Å²) in [4.78, 5) is 16.4. The number of carbonyl (C=O) groups excluding carboxylic acids is 1. The van der Waals surface area contributed by atoms with Crippen LogP contribution in [0.3, 0.4) is 0 Å². The van der Waals surface area contributed by atoms with Crippen LogP contribution in [0, 0.1) is 0 Å². The van der Waals surface area contributed by atoms with E-state index in [0.717, 1.165) is 24.2 Å². The van der Waals surface area contributed by atoms with Gasteiger partial charge in [0.25, 0.3) is 0 Å². The summed E-state index contributed by atoms with van der Waals surface area (Å²) in [7, 11) is 0. The van der Waals surface area contributed by atoms with Gasteiger partial charge in [0, 0.05) is 5.92 Å². The van der Waals surface area contributed by atoms with Crippen LogP contribution >= 0.6 is 0 Å². The molecule has 0 saturated heterocycles. The lowest BCUT2D eigenvalue weighted by molar-refractivity contribution is -0.120. The summed E-state index contributed by atoms with van der Waals surface area (Å²) in [6, 6.07) is 9.68. The standard InChI is InChI=1S/C18H23N3O2/c22-16(12-14-8-4-3-5-9-14)19-13-17-20-18(21-23-17)15-10-6-1-2-7-11-15/h3-5,8-9,15H,1-2,6-7,10-13H2,(H,19,22). The van der Waals surface area contributed by atoms with Crippen LogP contribution in [-0.4, -0.2) is 16.0 Å². The van der Waals surface area contributed by atoms with E-state index in [1.165, 1.54) is 25.7 Å². The van der Waals surface area contributed by atoms with Gasteiger partial charge in [-0.2, -0.15) is 4.98 Å². The van der Waals surface area contributed by atoms with Crippen molar-refractivity contribution in [1.82, 2.24) is 15.5 Å². The van der Waals surface area contributed by atoms with Crippen LogP contribution in [0.2, 0.25) is 0 Å². The van der Waals surface area contributed by atoms with Gasteiger partial charge in [-0.3, -0.25) is 4.79 Å². The zero-order valence-electron chi connectivity index (χ0n) is 13.3. The summed E-state index contributed by atoms with van der Waals surface area (Å²) in [5.74, 6) is 1.67. The van der Waals surface area contributed by atoms with E-state index in [0.29, 0.717) is 24.8 Å². The van der Waals surface area contributed by atoms with Crippen molar-refractivity contribution in [3.8, 4) is 0 Å². The molecule has 1 heterocycles. The smallest absolute Gasteiger partial charge is 0.246 e. The van der Waals surface area contributed by atoms with Gasteiger partial charge >= 0.3 is 0 Å². The molecule has 0 spiro atoms. The minimum absolute atomic E-state index is 0.0367. The second-order valence-electron chi connectivity index (χ2n) is 6.17. The second-order valence-corrected chi connectivity index (χ2v) is 6.17. The molecule has 1 aromatic carbocycles. The molecule has 0 aliphatic heterocycles. The summed E-state index contributed by atoms with van der Waals surface area (Å²) in [5, 5.41) is 6.95. The van der Waals surface area contributed by atoms with Gasteiger partial charge in [-0.15, -0.1) is 0 Å². The fourth-order valence-corrected chi connectivity index (χ4v) is 3.06. The fourth-order valence-electron chi connectivity index (χ4n) is 3.06. The molecule has 1 aliphatic carbocycles. The highest BCUT2D eigenvalue weighted by atomic mass is 16.5. The summed E-state index contributed by atoms with van der Waals surface area (Å²) < 4.78 is 5.28. The lowest BCUT2D eigenvalue weighted by atomic mass is 10.00. The molecular weight excluding hydrogens is 290 g/mol. The molecule has 1 fully saturated rings. The maximum Gasteiger partial charge on any atom is 0.246 e. The highest BCUT2D eigenvalue weighted by Crippen LogP contribution is 2.29. The third kappa shape index (κ3) is 4.65. The van der Waals surface area contributed by atoms with Crippen molar-refractivity contribution in [3.63, 3.8) is 0 Å². The number of amides is 1. The van der Waals surface area contributed by atoms with E-state index in [-0.39, 0.29) is 5.91 Å². The molecule has 1 aromatic heterocycles. The van der Waals surface area contributed by atoms with Crippen LogP contribution in [-0.2, 0) is 17.8 Å². The van der Waals surface area contributed by atoms with Gasteiger partial charge in [0.15, 0.2) is 5.82 Å². The van der Waals surface area contributed by atoms with Gasteiger partial charge in [0.1, 0.15) is 0 Å². The van der Waals surface area contributed by atoms with Gasteiger partial charge in [-0.1, -0.05) is 61.2 Å². The van der Waals surface area contributed by atoms with Crippen LogP contribution < -0.4 is 5.32 Å². The molecule has 0 atom stereocenters. The van der Waals surface area contributed by atoms with Crippen LogP contribution in [0.4, 0.5) is 0 Å². The molecule has 1 aliphatic rings. The van der Waals surface area contributed by atoms with Gasteiger partial charge in [-0.05, 0) is 18.4 Å². The summed E-state index contributed by atoms with van der Waals surface area (Å²) in [6.07, 6.45) is 7.72. The van der Waals surface area contributed by atoms with Crippen LogP contribution in [0.5, 0.6) is 0 Å². The first kappa shape index (κ1) is 15.7. The third-order valence-electron chi connectivity index (χ3n) is 4.35. The van der Waals surface area contributed by atoms with Crippen LogP contribution in [0.1, 0.15) is 61.7 Å². The van der Waals surface area contributed by atoms with Crippen molar-refractivity contribution in [2.24, 2.45) is 0 Å². The monoisotopic (exact) mass is 313 g/mol. The zero-order valence-corrected chi connectivity index (χ0v) is 13.3. The summed E-state index contributed by atoms with van der Waals surface area (Å²) in [5.41, 5.74) is 0.995. The molecule has 2 aromatic rings. The predicted octanol–water partition coefficient (Wildman–Crippen LogP) is 3.37. The maximum absolute atomic E-state index is 11.9. The molecule has 1 N–H and O–H groups in total. The van der Waals surface area contributed by atoms with Gasteiger partial charge in [0.05, 0.1) is 13.0 Å². The number of nitrogens with zero attached hydrogens (tertiary/aromatic N) is 2. The molecule has 1 saturated carbocycles. The first-order valence-electron chi connectivity index (χ1n) is 8.44. The molecule has 23 heavy (non-hydrogen) atoms. The number of nitrogens with one attached hydrogen (secondary N) is 1. The fraction of sp³-hybridized carbons (Fsp3) is 0.500. The van der Waals surface area contributed by atoms with Crippen molar-refractivity contribution < 1.29 is 9.32 Å². The van der Waals surface area contributed by atoms with Gasteiger partial charge in [-0.25, -0.2) is 0 Å². The average molecular weight is 313 g/mol. The first-order valence-corrected chi connectivity index (χ1v) is 8.44. The van der Waals surface area contributed by atoms with E-state index < -0.39 is 0 Å². The number of hydrogen-bond donors (Lipinski definition) is 1. The Balaban J connectivity index is 1.49. The number of aromatic nitrogens is 2. The van der Waals surface area contributed by atoms with E-state index in [4.69, 9.17) is 4.52 Å². The molecule has 122 valence electrons. The quantitative estimate of drug-likeness (QED) is 0.859. The predicted molar refractivity (Wildman–Crippen MR) is 86.7 cm³/mol. The Morgan fingerprint density at radius 3 is 2.61 bits per heavy atom. The van der Waals surface area contributed by atoms with Crippen molar-refractivity contribution in [1.29, 1.82) is 0 Å². The van der Waals surface area contributed by atoms with E-state index in [2.05, 4.69) is 15.5 Å². The lowest BCUT2D eigenvalue weighted by Gasteiger charge is -2.07. The SMILES string of the molecule is O=C(Cc1ccccc1)NCc1nc(C2CCCCCC2)no1. The van der Waals surface area contributed by atoms with Crippen molar-refractivity contribution in [2.75, 3.05) is 0 Å². The highest BCUT2D eigenvalue weighted by molar-refractivity contribution is 5.78. The van der Waals surface area contributed by atoms with Crippen LogP contribution in [0.15, 0.2) is 34.9 Å². The molecule has 1 amide bonds. The first-order chi connectivity index (χ1) is 11.3. The topological polar surface area (TPSA) is 68.0 Å². The maximum atomic E-state index is 11.9. The van der Waals surface area contributed by atoms with E-state index in [9.17, 15) is 4.79 Å². The third-order valence-corrected chi connectivity index (χ3v) is 4.35. The zero-order chi connectivity index (χ0) is 15.9. The van der Waals surface area contributed by atoms with E-state index >= 15 is 0 Å². The lowest BCUT2D eigenvalue weighted by Crippen LogP contribution is -2.24. The Morgan fingerprint density at radius 2 is 1.87 bits per heavy atom. The number of benzene rings is 1. The Morgan fingerprint density at radius 1 is 1.13 bits per heavy atom. The van der Waals surface area contributed by atoms with Gasteiger partial charge < -0.3 is 9.84 Å². The summed E-state index contributed by atoms with van der Waals surface area (Å²) >= 11 is 0. The Labute approximate surface area is 136 Å². The largest absolute Gasteiger partial charge is 0.347 e. The number of carbonyl (C=O) groups is 1. The molecular formula is C18H23N3O2. The minimum Gasteiger partial charge on any atom is -0.347 e. The molecule has 5 heteroatoms. The van der Waals surface area contributed by atoms with E-state index in [1.807, 2.05) is 30.3 Å². The average Bonchev–Trinajstić information content (AvgIpc) is 2.87. The number of rotatable bonds is 5. The van der Waals surface area contributed by atoms with Crippen molar-refractivity contribution in [2.45, 2.75) is 57.4 Å². The molecule has 5 nitrogen and oxygen atoms in total. The summed E-state index contributed by atoms with van der Waals surface area (Å²) in [6.45, 7) is 0.297. The van der Waals surface area contributed by atoms with E-state index in [1.54, 1.807) is 0 Å². The second kappa shape index (κ2) is 7.90. The molecule has 3 rings (SSSR count). The molecule has 0 unspecified atom stereocenters. The van der Waals surface area contributed by atoms with Crippen LogP contribution in [0.25, 0.3) is 0 Å². The normalized spacial score (nSPS) is 16.0. The highest BCUT2D eigenvalue weighted by Gasteiger charge is 2.20. The number of hydrogen-bond acceptors (Lipinski definition) is 4. The molecule has 0 bridgehead atoms. The molecule has 0 radical (unpaired) electrons. The minimum atomic E-state index is -0.0367. The van der Waals surface area contributed by atoms with Crippen molar-refractivity contribution >= 4 is 5.91 Å². The van der Waals surface area contributed by atoms with Gasteiger partial charge in [0.2, 0.25) is 11.8 Å².